The topological polar surface area (TPSA) is 44.6 Å². The fraction of sp³-hybridized carbons (Fsp3) is 0.973. The van der Waals surface area contributed by atoms with Crippen LogP contribution in [0.1, 0.15) is 207 Å². The molecule has 0 aromatic heterocycles. The van der Waals surface area contributed by atoms with Crippen molar-refractivity contribution in [1.29, 1.82) is 0 Å². The monoisotopic (exact) mass is 565 g/mol. The highest BCUT2D eigenvalue weighted by Gasteiger charge is 2.07. The van der Waals surface area contributed by atoms with Gasteiger partial charge >= 0.3 is 0 Å². The van der Waals surface area contributed by atoms with Crippen molar-refractivity contribution >= 4 is 5.71 Å². The van der Waals surface area contributed by atoms with Crippen LogP contribution in [0, 0.1) is 0 Å². The summed E-state index contributed by atoms with van der Waals surface area (Å²) in [5.74, 6) is 0. The Kier molecular flexibility index (Phi) is 32.8. The first-order valence-corrected chi connectivity index (χ1v) is 18.5. The molecular weight excluding hydrogens is 488 g/mol. The Bertz CT molecular complexity index is 506. The van der Waals surface area contributed by atoms with Gasteiger partial charge in [-0.2, -0.15) is 0 Å². The van der Waals surface area contributed by atoms with E-state index in [1.807, 2.05) is 0 Å². The summed E-state index contributed by atoms with van der Waals surface area (Å²) in [4.78, 5) is 4.66. The van der Waals surface area contributed by atoms with E-state index >= 15 is 0 Å². The minimum Gasteiger partial charge on any atom is -0.390 e. The third-order valence-electron chi connectivity index (χ3n) is 8.66. The Morgan fingerprint density at radius 2 is 0.900 bits per heavy atom. The molecule has 0 aromatic rings. The molecule has 0 aromatic carbocycles. The number of aliphatic hydroxyl groups excluding tert-OH is 1. The number of nitrogens with zero attached hydrogens (tertiary/aromatic N) is 1. The molecule has 0 fully saturated rings. The van der Waals surface area contributed by atoms with Gasteiger partial charge in [0.2, 0.25) is 0 Å². The van der Waals surface area contributed by atoms with Gasteiger partial charge in [-0.15, -0.1) is 0 Å². The molecule has 0 aliphatic heterocycles. The van der Waals surface area contributed by atoms with Crippen LogP contribution in [0.5, 0.6) is 0 Å². The molecule has 0 saturated carbocycles. The second-order valence-electron chi connectivity index (χ2n) is 13.1. The molecule has 2 atom stereocenters. The number of hydrogen-bond donors (Lipinski definition) is 2. The summed E-state index contributed by atoms with van der Waals surface area (Å²) in [6.45, 7) is 10.2. The first-order valence-electron chi connectivity index (χ1n) is 18.5. The maximum atomic E-state index is 10.3. The van der Waals surface area contributed by atoms with Crippen molar-refractivity contribution < 1.29 is 5.11 Å². The minimum atomic E-state index is -0.365. The smallest absolute Gasteiger partial charge is 0.0859 e. The Labute approximate surface area is 253 Å². The van der Waals surface area contributed by atoms with Gasteiger partial charge in [-0.05, 0) is 33.1 Å². The van der Waals surface area contributed by atoms with E-state index in [0.717, 1.165) is 6.42 Å². The van der Waals surface area contributed by atoms with Gasteiger partial charge in [0, 0.05) is 18.3 Å². The largest absolute Gasteiger partial charge is 0.390 e. The van der Waals surface area contributed by atoms with E-state index in [2.05, 4.69) is 38.0 Å². The van der Waals surface area contributed by atoms with Crippen molar-refractivity contribution in [1.82, 2.24) is 5.32 Å². The van der Waals surface area contributed by atoms with Gasteiger partial charge in [0.05, 0.1) is 12.6 Å². The Hall–Kier alpha value is -0.410. The molecule has 0 bridgehead atoms. The molecule has 0 saturated heterocycles. The van der Waals surface area contributed by atoms with Gasteiger partial charge in [-0.25, -0.2) is 0 Å². The maximum Gasteiger partial charge on any atom is 0.0859 e. The van der Waals surface area contributed by atoms with E-state index in [0.29, 0.717) is 19.1 Å². The predicted octanol–water partition coefficient (Wildman–Crippen LogP) is 11.7. The second kappa shape index (κ2) is 33.1. The predicted molar refractivity (Wildman–Crippen MR) is 182 cm³/mol. The number of aliphatic imine (C=N–C) groups is 1. The van der Waals surface area contributed by atoms with Crippen molar-refractivity contribution in [2.24, 2.45) is 4.99 Å². The zero-order valence-corrected chi connectivity index (χ0v) is 28.3. The van der Waals surface area contributed by atoms with Gasteiger partial charge in [0.25, 0.3) is 0 Å². The first-order chi connectivity index (χ1) is 19.6. The normalized spacial score (nSPS) is 13.7. The highest BCUT2D eigenvalue weighted by molar-refractivity contribution is 5.81. The molecule has 0 radical (unpaired) electrons. The molecule has 0 amide bonds. The summed E-state index contributed by atoms with van der Waals surface area (Å²) in [6, 6.07) is 0.484. The second-order valence-corrected chi connectivity index (χ2v) is 13.1. The molecule has 3 nitrogen and oxygen atoms in total. The van der Waals surface area contributed by atoms with Gasteiger partial charge in [-0.1, -0.05) is 174 Å². The van der Waals surface area contributed by atoms with E-state index in [1.165, 1.54) is 179 Å². The summed E-state index contributed by atoms with van der Waals surface area (Å²) in [7, 11) is 0. The lowest BCUT2D eigenvalue weighted by molar-refractivity contribution is 0.175. The van der Waals surface area contributed by atoms with Crippen LogP contribution in [0.25, 0.3) is 0 Å². The van der Waals surface area contributed by atoms with Crippen LogP contribution in [0.3, 0.4) is 0 Å². The number of rotatable bonds is 33. The van der Waals surface area contributed by atoms with Gasteiger partial charge in [0.15, 0.2) is 0 Å². The summed E-state index contributed by atoms with van der Waals surface area (Å²) >= 11 is 0. The van der Waals surface area contributed by atoms with Crippen LogP contribution in [0.4, 0.5) is 0 Å². The number of unbranched alkanes of at least 4 members (excludes halogenated alkanes) is 24. The summed E-state index contributed by atoms with van der Waals surface area (Å²) in [5, 5.41) is 13.9. The molecule has 0 aliphatic carbocycles. The van der Waals surface area contributed by atoms with E-state index in [-0.39, 0.29) is 6.10 Å². The number of hydrogen-bond acceptors (Lipinski definition) is 3. The molecule has 3 heteroatoms. The van der Waals surface area contributed by atoms with Crippen molar-refractivity contribution in [2.75, 3.05) is 13.1 Å². The Morgan fingerprint density at radius 1 is 0.550 bits per heavy atom. The molecule has 0 aliphatic rings. The van der Waals surface area contributed by atoms with Gasteiger partial charge in [-0.3, -0.25) is 4.99 Å². The molecule has 0 rings (SSSR count). The van der Waals surface area contributed by atoms with Crippen LogP contribution in [-0.4, -0.2) is 36.1 Å². The Balaban J connectivity index is 3.46. The fourth-order valence-electron chi connectivity index (χ4n) is 5.71. The molecule has 2 unspecified atom stereocenters. The fourth-order valence-corrected chi connectivity index (χ4v) is 5.71. The molecular formula is C37H76N2O. The average molecular weight is 565 g/mol. The van der Waals surface area contributed by atoms with Crippen LogP contribution < -0.4 is 5.32 Å². The summed E-state index contributed by atoms with van der Waals surface area (Å²) in [6.07, 6.45) is 38.4. The van der Waals surface area contributed by atoms with Crippen molar-refractivity contribution in [3.63, 3.8) is 0 Å². The molecule has 240 valence electrons. The average Bonchev–Trinajstić information content (AvgIpc) is 2.95. The summed E-state index contributed by atoms with van der Waals surface area (Å²) < 4.78 is 0. The third-order valence-corrected chi connectivity index (χ3v) is 8.66. The van der Waals surface area contributed by atoms with Crippen LogP contribution in [0.2, 0.25) is 0 Å². The van der Waals surface area contributed by atoms with Gasteiger partial charge < -0.3 is 10.4 Å². The highest BCUT2D eigenvalue weighted by atomic mass is 16.3. The van der Waals surface area contributed by atoms with Crippen molar-refractivity contribution in [2.45, 2.75) is 220 Å². The minimum absolute atomic E-state index is 0.365. The lowest BCUT2D eigenvalue weighted by Crippen LogP contribution is -2.35. The highest BCUT2D eigenvalue weighted by Crippen LogP contribution is 2.14. The first kappa shape index (κ1) is 39.6. The number of nitrogens with one attached hydrogen (secondary N) is 1. The Morgan fingerprint density at radius 3 is 1.30 bits per heavy atom. The molecule has 40 heavy (non-hydrogen) atoms. The standard InChI is InChI=1S/C37H76N2O/c1-5-7-9-11-13-15-17-19-21-23-25-27-29-31-35(3)38-33-37(40)34-39-36(4)32-30-28-26-24-22-20-18-16-14-12-10-8-6-2/h35,37-38,40H,5-34H2,1-4H3. The van der Waals surface area contributed by atoms with E-state index in [9.17, 15) is 5.11 Å². The van der Waals surface area contributed by atoms with E-state index in [4.69, 9.17) is 0 Å². The molecule has 0 heterocycles. The zero-order chi connectivity index (χ0) is 29.4. The number of aliphatic hydroxyl groups is 1. The lowest BCUT2D eigenvalue weighted by atomic mass is 10.0. The maximum absolute atomic E-state index is 10.3. The summed E-state index contributed by atoms with van der Waals surface area (Å²) in [5.41, 5.74) is 1.21. The van der Waals surface area contributed by atoms with Gasteiger partial charge in [0.1, 0.15) is 0 Å². The van der Waals surface area contributed by atoms with E-state index in [1.54, 1.807) is 0 Å². The van der Waals surface area contributed by atoms with Crippen molar-refractivity contribution in [3.8, 4) is 0 Å². The molecule has 2 N–H and O–H groups in total. The lowest BCUT2D eigenvalue weighted by Gasteiger charge is -2.16. The van der Waals surface area contributed by atoms with Crippen LogP contribution in [-0.2, 0) is 0 Å². The SMILES string of the molecule is CCCCCCCCCCCCCCCC(C)=NCC(O)CNC(C)CCCCCCCCCCCCCCC. The van der Waals surface area contributed by atoms with Crippen molar-refractivity contribution in [3.05, 3.63) is 0 Å². The molecule has 0 spiro atoms. The zero-order valence-electron chi connectivity index (χ0n) is 28.3. The van der Waals surface area contributed by atoms with Crippen LogP contribution in [0.15, 0.2) is 4.99 Å². The quantitative estimate of drug-likeness (QED) is 0.0615. The van der Waals surface area contributed by atoms with Crippen LogP contribution >= 0.6 is 0 Å². The third kappa shape index (κ3) is 32.1. The van der Waals surface area contributed by atoms with E-state index < -0.39 is 0 Å².